The predicted octanol–water partition coefficient (Wildman–Crippen LogP) is 4.05. The summed E-state index contributed by atoms with van der Waals surface area (Å²) in [6.07, 6.45) is 2.16. The fourth-order valence-electron chi connectivity index (χ4n) is 2.50. The van der Waals surface area contributed by atoms with E-state index in [1.54, 1.807) is 37.4 Å². The van der Waals surface area contributed by atoms with Gasteiger partial charge in [0.2, 0.25) is 0 Å². The van der Waals surface area contributed by atoms with Gasteiger partial charge in [0, 0.05) is 23.3 Å². The van der Waals surface area contributed by atoms with Gasteiger partial charge in [-0.25, -0.2) is 9.97 Å². The van der Waals surface area contributed by atoms with E-state index in [1.807, 2.05) is 24.3 Å². The van der Waals surface area contributed by atoms with Crippen LogP contribution in [0.15, 0.2) is 60.9 Å². The van der Waals surface area contributed by atoms with Crippen LogP contribution in [-0.2, 0) is 6.42 Å². The highest BCUT2D eigenvalue weighted by Gasteiger charge is 2.09. The van der Waals surface area contributed by atoms with Gasteiger partial charge in [-0.2, -0.15) is 0 Å². The molecule has 0 radical (unpaired) electrons. The SMILES string of the molecule is COc1cccc(CCNc2cc(C(=O)Nc3cccc(Cl)c3)ncn2)c1. The second kappa shape index (κ2) is 9.00. The van der Waals surface area contributed by atoms with Crippen LogP contribution in [0.3, 0.4) is 0 Å². The van der Waals surface area contributed by atoms with Crippen molar-refractivity contribution in [3.05, 3.63) is 77.2 Å². The molecule has 1 amide bonds. The summed E-state index contributed by atoms with van der Waals surface area (Å²) in [6.45, 7) is 0.666. The molecule has 0 saturated heterocycles. The molecule has 1 heterocycles. The molecular formula is C20H19ClN4O2. The Bertz CT molecular complexity index is 933. The Balaban J connectivity index is 1.58. The number of amides is 1. The van der Waals surface area contributed by atoms with E-state index in [0.717, 1.165) is 17.7 Å². The van der Waals surface area contributed by atoms with Crippen molar-refractivity contribution in [1.29, 1.82) is 0 Å². The molecule has 0 aliphatic rings. The zero-order valence-corrected chi connectivity index (χ0v) is 15.5. The van der Waals surface area contributed by atoms with E-state index < -0.39 is 0 Å². The lowest BCUT2D eigenvalue weighted by Gasteiger charge is -2.08. The van der Waals surface area contributed by atoms with Crippen molar-refractivity contribution in [2.75, 3.05) is 24.3 Å². The first-order valence-corrected chi connectivity index (χ1v) is 8.77. The molecule has 2 aromatic carbocycles. The highest BCUT2D eigenvalue weighted by atomic mass is 35.5. The third-order valence-corrected chi connectivity index (χ3v) is 4.07. The largest absolute Gasteiger partial charge is 0.497 e. The van der Waals surface area contributed by atoms with E-state index in [1.165, 1.54) is 6.33 Å². The van der Waals surface area contributed by atoms with Crippen molar-refractivity contribution in [1.82, 2.24) is 9.97 Å². The molecule has 0 aliphatic heterocycles. The summed E-state index contributed by atoms with van der Waals surface area (Å²) in [6, 6.07) is 16.5. The molecule has 138 valence electrons. The predicted molar refractivity (Wildman–Crippen MR) is 107 cm³/mol. The van der Waals surface area contributed by atoms with E-state index in [0.29, 0.717) is 23.1 Å². The Morgan fingerprint density at radius 1 is 1.11 bits per heavy atom. The first kappa shape index (κ1) is 18.7. The minimum absolute atomic E-state index is 0.272. The van der Waals surface area contributed by atoms with Crippen LogP contribution in [-0.4, -0.2) is 29.5 Å². The van der Waals surface area contributed by atoms with E-state index in [2.05, 4.69) is 20.6 Å². The number of rotatable bonds is 7. The van der Waals surface area contributed by atoms with Gasteiger partial charge in [-0.1, -0.05) is 29.8 Å². The Hall–Kier alpha value is -3.12. The minimum Gasteiger partial charge on any atom is -0.497 e. The van der Waals surface area contributed by atoms with Gasteiger partial charge < -0.3 is 15.4 Å². The van der Waals surface area contributed by atoms with Crippen LogP contribution in [0.5, 0.6) is 5.75 Å². The normalized spacial score (nSPS) is 10.3. The average Bonchev–Trinajstić information content (AvgIpc) is 2.68. The molecule has 2 N–H and O–H groups in total. The molecule has 0 spiro atoms. The fourth-order valence-corrected chi connectivity index (χ4v) is 2.69. The molecule has 6 nitrogen and oxygen atoms in total. The maximum Gasteiger partial charge on any atom is 0.274 e. The molecule has 0 unspecified atom stereocenters. The molecule has 3 aromatic rings. The highest BCUT2D eigenvalue weighted by molar-refractivity contribution is 6.30. The number of anilines is 2. The lowest BCUT2D eigenvalue weighted by atomic mass is 10.1. The van der Waals surface area contributed by atoms with Gasteiger partial charge in [-0.3, -0.25) is 4.79 Å². The third-order valence-electron chi connectivity index (χ3n) is 3.84. The van der Waals surface area contributed by atoms with Gasteiger partial charge in [0.15, 0.2) is 0 Å². The summed E-state index contributed by atoms with van der Waals surface area (Å²) in [4.78, 5) is 20.6. The molecule has 0 bridgehead atoms. The Morgan fingerprint density at radius 2 is 1.96 bits per heavy atom. The summed E-state index contributed by atoms with van der Waals surface area (Å²) in [7, 11) is 1.65. The minimum atomic E-state index is -0.324. The van der Waals surface area contributed by atoms with Crippen LogP contribution < -0.4 is 15.4 Å². The Labute approximate surface area is 162 Å². The van der Waals surface area contributed by atoms with E-state index in [9.17, 15) is 4.79 Å². The van der Waals surface area contributed by atoms with Crippen molar-refractivity contribution in [3.8, 4) is 5.75 Å². The van der Waals surface area contributed by atoms with Crippen LogP contribution in [0.4, 0.5) is 11.5 Å². The molecular weight excluding hydrogens is 364 g/mol. The van der Waals surface area contributed by atoms with Crippen LogP contribution in [0.25, 0.3) is 0 Å². The van der Waals surface area contributed by atoms with Crippen molar-refractivity contribution in [3.63, 3.8) is 0 Å². The van der Waals surface area contributed by atoms with Crippen LogP contribution in [0.1, 0.15) is 16.1 Å². The van der Waals surface area contributed by atoms with Crippen LogP contribution in [0.2, 0.25) is 5.02 Å². The molecule has 7 heteroatoms. The topological polar surface area (TPSA) is 76.1 Å². The summed E-state index contributed by atoms with van der Waals surface area (Å²) < 4.78 is 5.22. The standard InChI is InChI=1S/C20H19ClN4O2/c1-27-17-7-2-4-14(10-17)8-9-22-19-12-18(23-13-24-19)20(26)25-16-6-3-5-15(21)11-16/h2-7,10-13H,8-9H2,1H3,(H,25,26)(H,22,23,24). The lowest BCUT2D eigenvalue weighted by Crippen LogP contribution is -2.15. The first-order chi connectivity index (χ1) is 13.1. The zero-order chi connectivity index (χ0) is 19.1. The van der Waals surface area contributed by atoms with Crippen molar-refractivity contribution in [2.45, 2.75) is 6.42 Å². The molecule has 0 aliphatic carbocycles. The number of carbonyl (C=O) groups is 1. The monoisotopic (exact) mass is 382 g/mol. The molecule has 0 saturated carbocycles. The van der Waals surface area contributed by atoms with Crippen molar-refractivity contribution < 1.29 is 9.53 Å². The molecule has 1 aromatic heterocycles. The summed E-state index contributed by atoms with van der Waals surface area (Å²) >= 11 is 5.93. The van der Waals surface area contributed by atoms with Gasteiger partial charge in [0.1, 0.15) is 23.6 Å². The third kappa shape index (κ3) is 5.43. The quantitative estimate of drug-likeness (QED) is 0.644. The van der Waals surface area contributed by atoms with Gasteiger partial charge in [0.05, 0.1) is 7.11 Å². The Morgan fingerprint density at radius 3 is 2.78 bits per heavy atom. The second-order valence-corrected chi connectivity index (χ2v) is 6.22. The van der Waals surface area contributed by atoms with Gasteiger partial charge in [-0.15, -0.1) is 0 Å². The summed E-state index contributed by atoms with van der Waals surface area (Å²) in [5.74, 6) is 1.09. The molecule has 27 heavy (non-hydrogen) atoms. The number of hydrogen-bond acceptors (Lipinski definition) is 5. The van der Waals surface area contributed by atoms with Crippen LogP contribution in [0, 0.1) is 0 Å². The van der Waals surface area contributed by atoms with Crippen LogP contribution >= 0.6 is 11.6 Å². The number of carbonyl (C=O) groups excluding carboxylic acids is 1. The fraction of sp³-hybridized carbons (Fsp3) is 0.150. The lowest BCUT2D eigenvalue weighted by molar-refractivity contribution is 0.102. The molecule has 0 fully saturated rings. The van der Waals surface area contributed by atoms with E-state index >= 15 is 0 Å². The second-order valence-electron chi connectivity index (χ2n) is 5.78. The Kier molecular flexibility index (Phi) is 6.22. The smallest absolute Gasteiger partial charge is 0.274 e. The number of ether oxygens (including phenoxy) is 1. The number of nitrogens with zero attached hydrogens (tertiary/aromatic N) is 2. The van der Waals surface area contributed by atoms with Gasteiger partial charge >= 0.3 is 0 Å². The highest BCUT2D eigenvalue weighted by Crippen LogP contribution is 2.16. The number of halogens is 1. The summed E-state index contributed by atoms with van der Waals surface area (Å²) in [5.41, 5.74) is 2.03. The number of benzene rings is 2. The van der Waals surface area contributed by atoms with Gasteiger partial charge in [0.25, 0.3) is 5.91 Å². The maximum absolute atomic E-state index is 12.4. The van der Waals surface area contributed by atoms with Crippen molar-refractivity contribution >= 4 is 29.0 Å². The average molecular weight is 383 g/mol. The summed E-state index contributed by atoms with van der Waals surface area (Å²) in [5, 5.41) is 6.52. The molecule has 3 rings (SSSR count). The van der Waals surface area contributed by atoms with E-state index in [-0.39, 0.29) is 11.6 Å². The number of methoxy groups -OCH3 is 1. The number of nitrogens with one attached hydrogen (secondary N) is 2. The number of aromatic nitrogens is 2. The van der Waals surface area contributed by atoms with Crippen molar-refractivity contribution in [2.24, 2.45) is 0 Å². The van der Waals surface area contributed by atoms with Gasteiger partial charge in [-0.05, 0) is 42.3 Å². The maximum atomic E-state index is 12.4. The first-order valence-electron chi connectivity index (χ1n) is 8.40. The zero-order valence-electron chi connectivity index (χ0n) is 14.8. The number of hydrogen-bond donors (Lipinski definition) is 2. The van der Waals surface area contributed by atoms with E-state index in [4.69, 9.17) is 16.3 Å². The molecule has 0 atom stereocenters.